The third-order valence-corrected chi connectivity index (χ3v) is 4.21. The molecular weight excluding hydrogens is 300 g/mol. The van der Waals surface area contributed by atoms with E-state index in [2.05, 4.69) is 36.1 Å². The third kappa shape index (κ3) is 5.60. The largest absolute Gasteiger partial charge is 0.360 e. The Hall–Kier alpha value is -1.39. The summed E-state index contributed by atoms with van der Waals surface area (Å²) in [5.74, 6) is 0.349. The molecular formula is C20H34N2O2. The van der Waals surface area contributed by atoms with Gasteiger partial charge in [-0.05, 0) is 12.5 Å². The van der Waals surface area contributed by atoms with Gasteiger partial charge in [-0.3, -0.25) is 5.41 Å². The molecule has 4 heteroatoms. The van der Waals surface area contributed by atoms with Gasteiger partial charge in [0.1, 0.15) is 5.84 Å². The van der Waals surface area contributed by atoms with Crippen molar-refractivity contribution in [3.05, 3.63) is 35.4 Å². The lowest BCUT2D eigenvalue weighted by Crippen LogP contribution is -2.47. The number of rotatable bonds is 2. The molecule has 0 aromatic heterocycles. The third-order valence-electron chi connectivity index (χ3n) is 4.21. The number of ether oxygens (including phenoxy) is 2. The van der Waals surface area contributed by atoms with E-state index in [9.17, 15) is 0 Å². The average molecular weight is 335 g/mol. The fraction of sp³-hybridized carbons (Fsp3) is 0.650. The number of nitrogens with zero attached hydrogens (tertiary/aromatic N) is 1. The molecule has 1 aromatic carbocycles. The summed E-state index contributed by atoms with van der Waals surface area (Å²) in [6, 6.07) is 8.43. The van der Waals surface area contributed by atoms with E-state index in [4.69, 9.17) is 14.9 Å². The fourth-order valence-electron chi connectivity index (χ4n) is 2.91. The van der Waals surface area contributed by atoms with Gasteiger partial charge in [-0.25, -0.2) is 0 Å². The summed E-state index contributed by atoms with van der Waals surface area (Å²) >= 11 is 0. The maximum absolute atomic E-state index is 8.28. The second kappa shape index (κ2) is 10.5. The van der Waals surface area contributed by atoms with Crippen molar-refractivity contribution in [2.24, 2.45) is 0 Å². The number of piperidine rings is 1. The van der Waals surface area contributed by atoms with Gasteiger partial charge in [-0.1, -0.05) is 57.5 Å². The van der Waals surface area contributed by atoms with Crippen LogP contribution >= 0.6 is 0 Å². The van der Waals surface area contributed by atoms with Crippen molar-refractivity contribution in [3.8, 4) is 0 Å². The Bertz CT molecular complexity index is 469. The van der Waals surface area contributed by atoms with E-state index in [1.165, 1.54) is 11.1 Å². The zero-order valence-electron chi connectivity index (χ0n) is 16.0. The first-order chi connectivity index (χ1) is 11.7. The van der Waals surface area contributed by atoms with Crippen molar-refractivity contribution in [2.45, 2.75) is 59.7 Å². The number of hydrogen-bond donors (Lipinski definition) is 1. The van der Waals surface area contributed by atoms with Crippen LogP contribution < -0.4 is 0 Å². The summed E-state index contributed by atoms with van der Waals surface area (Å²) in [6.07, 6.45) is 2.43. The first kappa shape index (κ1) is 20.7. The molecule has 0 amide bonds. The van der Waals surface area contributed by atoms with Gasteiger partial charge in [0.2, 0.25) is 0 Å². The number of likely N-dealkylation sites (tertiary alicyclic amines) is 1. The van der Waals surface area contributed by atoms with Gasteiger partial charge in [-0.15, -0.1) is 0 Å². The van der Waals surface area contributed by atoms with E-state index >= 15 is 0 Å². The Morgan fingerprint density at radius 2 is 1.50 bits per heavy atom. The van der Waals surface area contributed by atoms with Crippen molar-refractivity contribution < 1.29 is 9.47 Å². The molecule has 0 radical (unpaired) electrons. The predicted octanol–water partition coefficient (Wildman–Crippen LogP) is 4.41. The molecule has 3 rings (SSSR count). The maximum Gasteiger partial charge on any atom is 0.171 e. The summed E-state index contributed by atoms with van der Waals surface area (Å²) in [6.45, 7) is 13.2. The van der Waals surface area contributed by atoms with Crippen LogP contribution in [0.1, 0.15) is 51.7 Å². The van der Waals surface area contributed by atoms with E-state index < -0.39 is 0 Å². The Labute approximate surface area is 147 Å². The van der Waals surface area contributed by atoms with Gasteiger partial charge in [0.25, 0.3) is 0 Å². The number of aryl methyl sites for hydroxylation is 1. The van der Waals surface area contributed by atoms with Gasteiger partial charge < -0.3 is 14.4 Å². The van der Waals surface area contributed by atoms with Crippen LogP contribution in [0.5, 0.6) is 0 Å². The van der Waals surface area contributed by atoms with E-state index in [0.29, 0.717) is 25.5 Å². The number of amidine groups is 1. The average Bonchev–Trinajstić information content (AvgIpc) is 3.09. The molecule has 0 saturated carbocycles. The molecule has 1 N–H and O–H groups in total. The van der Waals surface area contributed by atoms with Gasteiger partial charge in [0.05, 0.1) is 13.2 Å². The Kier molecular flexibility index (Phi) is 9.01. The predicted molar refractivity (Wildman–Crippen MR) is 101 cm³/mol. The molecule has 2 heterocycles. The zero-order valence-corrected chi connectivity index (χ0v) is 16.0. The van der Waals surface area contributed by atoms with Crippen molar-refractivity contribution in [1.82, 2.24) is 4.90 Å². The molecule has 2 fully saturated rings. The monoisotopic (exact) mass is 334 g/mol. The second-order valence-corrected chi connectivity index (χ2v) is 5.70. The van der Waals surface area contributed by atoms with Crippen LogP contribution in [0.15, 0.2) is 24.3 Å². The van der Waals surface area contributed by atoms with Crippen molar-refractivity contribution in [3.63, 3.8) is 0 Å². The highest BCUT2D eigenvalue weighted by Crippen LogP contribution is 2.31. The Balaban J connectivity index is 0.000000671. The summed E-state index contributed by atoms with van der Waals surface area (Å²) in [4.78, 5) is 2.15. The topological polar surface area (TPSA) is 45.6 Å². The first-order valence-electron chi connectivity index (χ1n) is 9.33. The maximum atomic E-state index is 8.28. The number of hydrogen-bond acceptors (Lipinski definition) is 3. The highest BCUT2D eigenvalue weighted by molar-refractivity contribution is 5.81. The first-order valence-corrected chi connectivity index (χ1v) is 9.33. The van der Waals surface area contributed by atoms with Gasteiger partial charge in [-0.2, -0.15) is 0 Å². The van der Waals surface area contributed by atoms with E-state index in [0.717, 1.165) is 25.9 Å². The van der Waals surface area contributed by atoms with Crippen LogP contribution in [0, 0.1) is 12.3 Å². The number of nitrogens with one attached hydrogen (secondary N) is 1. The van der Waals surface area contributed by atoms with Crippen molar-refractivity contribution in [1.29, 1.82) is 5.41 Å². The minimum absolute atomic E-state index is 0.347. The van der Waals surface area contributed by atoms with Crippen LogP contribution in [0.3, 0.4) is 0 Å². The Morgan fingerprint density at radius 3 is 2.00 bits per heavy atom. The lowest BCUT2D eigenvalue weighted by Gasteiger charge is -2.38. The lowest BCUT2D eigenvalue weighted by molar-refractivity contribution is -0.180. The molecule has 1 spiro atoms. The summed E-state index contributed by atoms with van der Waals surface area (Å²) < 4.78 is 11.4. The minimum atomic E-state index is -0.347. The molecule has 4 nitrogen and oxygen atoms in total. The standard InChI is InChI=1S/C16H22N2O2.2C2H6/c1-13-2-4-14(5-3-13)12-15(17)18-8-6-16(7-9-18)19-10-11-20-16;2*1-2/h2-5,17H,6-12H2,1H3;2*1-2H3. The van der Waals surface area contributed by atoms with E-state index in [-0.39, 0.29) is 5.79 Å². The number of benzene rings is 1. The zero-order chi connectivity index (χ0) is 18.0. The van der Waals surface area contributed by atoms with Crippen LogP contribution in [-0.2, 0) is 15.9 Å². The second-order valence-electron chi connectivity index (χ2n) is 5.70. The highest BCUT2D eigenvalue weighted by Gasteiger charge is 2.40. The molecule has 0 aliphatic carbocycles. The van der Waals surface area contributed by atoms with Crippen molar-refractivity contribution >= 4 is 5.84 Å². The summed E-state index contributed by atoms with van der Waals surface area (Å²) in [5, 5.41) is 8.28. The highest BCUT2D eigenvalue weighted by atomic mass is 16.7. The van der Waals surface area contributed by atoms with Gasteiger partial charge in [0, 0.05) is 32.4 Å². The van der Waals surface area contributed by atoms with Crippen LogP contribution in [0.2, 0.25) is 0 Å². The molecule has 0 unspecified atom stereocenters. The molecule has 24 heavy (non-hydrogen) atoms. The van der Waals surface area contributed by atoms with Crippen LogP contribution in [0.25, 0.3) is 0 Å². The molecule has 0 atom stereocenters. The Morgan fingerprint density at radius 1 is 1.00 bits per heavy atom. The SMILES string of the molecule is CC.CC.Cc1ccc(CC(=N)N2CCC3(CC2)OCCO3)cc1. The molecule has 136 valence electrons. The molecule has 2 aliphatic rings. The fourth-order valence-corrected chi connectivity index (χ4v) is 2.91. The normalized spacial score (nSPS) is 18.3. The van der Waals surface area contributed by atoms with Crippen molar-refractivity contribution in [2.75, 3.05) is 26.3 Å². The quantitative estimate of drug-likeness (QED) is 0.644. The van der Waals surface area contributed by atoms with Crippen LogP contribution in [-0.4, -0.2) is 42.8 Å². The minimum Gasteiger partial charge on any atom is -0.360 e. The van der Waals surface area contributed by atoms with E-state index in [1.807, 2.05) is 27.7 Å². The molecule has 2 aliphatic heterocycles. The van der Waals surface area contributed by atoms with Crippen LogP contribution in [0.4, 0.5) is 0 Å². The van der Waals surface area contributed by atoms with Gasteiger partial charge in [0.15, 0.2) is 5.79 Å². The smallest absolute Gasteiger partial charge is 0.171 e. The summed E-state index contributed by atoms with van der Waals surface area (Å²) in [5.41, 5.74) is 2.46. The lowest BCUT2D eigenvalue weighted by atomic mass is 10.0. The molecule has 1 aromatic rings. The summed E-state index contributed by atoms with van der Waals surface area (Å²) in [7, 11) is 0. The van der Waals surface area contributed by atoms with E-state index in [1.54, 1.807) is 0 Å². The molecule has 2 saturated heterocycles. The molecule has 0 bridgehead atoms. The van der Waals surface area contributed by atoms with Gasteiger partial charge >= 0.3 is 0 Å².